The summed E-state index contributed by atoms with van der Waals surface area (Å²) in [4.78, 5) is 13.9. The zero-order chi connectivity index (χ0) is 13.2. The Bertz CT molecular complexity index is 405. The van der Waals surface area contributed by atoms with E-state index >= 15 is 0 Å². The van der Waals surface area contributed by atoms with Crippen molar-refractivity contribution in [1.82, 2.24) is 4.90 Å². The number of rotatable bonds is 3. The van der Waals surface area contributed by atoms with Crippen LogP contribution in [-0.2, 0) is 0 Å². The summed E-state index contributed by atoms with van der Waals surface area (Å²) < 4.78 is 0. The first-order chi connectivity index (χ1) is 7.84. The third-order valence-electron chi connectivity index (χ3n) is 2.56. The fourth-order valence-corrected chi connectivity index (χ4v) is 1.91. The molecule has 0 radical (unpaired) electrons. The van der Waals surface area contributed by atoms with Crippen LogP contribution in [0.1, 0.15) is 38.1 Å². The number of benzene rings is 1. The van der Waals surface area contributed by atoms with E-state index in [2.05, 4.69) is 0 Å². The van der Waals surface area contributed by atoms with E-state index in [-0.39, 0.29) is 35.1 Å². The summed E-state index contributed by atoms with van der Waals surface area (Å²) in [5.74, 6) is -0.478. The molecule has 0 heterocycles. The Morgan fingerprint density at radius 2 is 1.65 bits per heavy atom. The summed E-state index contributed by atoms with van der Waals surface area (Å²) in [7, 11) is 0. The largest absolute Gasteiger partial charge is 0.508 e. The van der Waals surface area contributed by atoms with Crippen molar-refractivity contribution in [1.29, 1.82) is 0 Å². The number of hydrogen-bond acceptors (Lipinski definition) is 3. The summed E-state index contributed by atoms with van der Waals surface area (Å²) >= 11 is 0. The minimum absolute atomic E-state index is 0.0516. The van der Waals surface area contributed by atoms with Gasteiger partial charge in [-0.3, -0.25) is 4.79 Å². The smallest absolute Gasteiger partial charge is 0.258 e. The first kappa shape index (κ1) is 13.4. The fraction of sp³-hybridized carbons (Fsp3) is 0.462. The Labute approximate surface area is 101 Å². The van der Waals surface area contributed by atoms with E-state index in [1.165, 1.54) is 18.2 Å². The highest BCUT2D eigenvalue weighted by Gasteiger charge is 2.23. The average molecular weight is 237 g/mol. The Hall–Kier alpha value is -1.71. The molecular weight excluding hydrogens is 218 g/mol. The van der Waals surface area contributed by atoms with Crippen LogP contribution in [0.15, 0.2) is 18.2 Å². The summed E-state index contributed by atoms with van der Waals surface area (Å²) in [6.45, 7) is 7.70. The summed E-state index contributed by atoms with van der Waals surface area (Å²) in [6, 6.07) is 4.11. The molecule has 17 heavy (non-hydrogen) atoms. The van der Waals surface area contributed by atoms with Crippen molar-refractivity contribution >= 4 is 5.91 Å². The van der Waals surface area contributed by atoms with Crippen molar-refractivity contribution in [3.63, 3.8) is 0 Å². The van der Waals surface area contributed by atoms with Gasteiger partial charge in [0, 0.05) is 18.2 Å². The molecule has 1 aromatic carbocycles. The zero-order valence-electron chi connectivity index (χ0n) is 10.6. The van der Waals surface area contributed by atoms with Gasteiger partial charge in [-0.2, -0.15) is 0 Å². The number of amides is 1. The van der Waals surface area contributed by atoms with Gasteiger partial charge in [0.05, 0.1) is 5.56 Å². The molecule has 0 spiro atoms. The normalized spacial score (nSPS) is 10.9. The van der Waals surface area contributed by atoms with E-state index < -0.39 is 0 Å². The predicted molar refractivity (Wildman–Crippen MR) is 66.2 cm³/mol. The lowest BCUT2D eigenvalue weighted by molar-refractivity contribution is 0.0640. The molecule has 4 nitrogen and oxygen atoms in total. The van der Waals surface area contributed by atoms with E-state index in [4.69, 9.17) is 0 Å². The van der Waals surface area contributed by atoms with Crippen molar-refractivity contribution in [2.24, 2.45) is 0 Å². The van der Waals surface area contributed by atoms with E-state index in [9.17, 15) is 15.0 Å². The zero-order valence-corrected chi connectivity index (χ0v) is 10.6. The third kappa shape index (κ3) is 2.90. The van der Waals surface area contributed by atoms with Gasteiger partial charge in [0.2, 0.25) is 0 Å². The Kier molecular flexibility index (Phi) is 3.99. The van der Waals surface area contributed by atoms with Gasteiger partial charge < -0.3 is 15.1 Å². The van der Waals surface area contributed by atoms with E-state index in [0.717, 1.165) is 0 Å². The van der Waals surface area contributed by atoms with E-state index in [1.807, 2.05) is 27.7 Å². The lowest BCUT2D eigenvalue weighted by Crippen LogP contribution is -2.42. The van der Waals surface area contributed by atoms with Gasteiger partial charge in [-0.25, -0.2) is 0 Å². The Morgan fingerprint density at radius 3 is 2.06 bits per heavy atom. The molecule has 1 amide bonds. The molecule has 0 aliphatic heterocycles. The lowest BCUT2D eigenvalue weighted by Gasteiger charge is -2.31. The second-order valence-corrected chi connectivity index (χ2v) is 4.60. The molecule has 0 aliphatic rings. The second kappa shape index (κ2) is 5.08. The van der Waals surface area contributed by atoms with Crippen LogP contribution in [0.4, 0.5) is 0 Å². The van der Waals surface area contributed by atoms with Gasteiger partial charge in [-0.15, -0.1) is 0 Å². The third-order valence-corrected chi connectivity index (χ3v) is 2.56. The van der Waals surface area contributed by atoms with E-state index in [0.29, 0.717) is 0 Å². The van der Waals surface area contributed by atoms with E-state index in [1.54, 1.807) is 4.90 Å². The molecule has 0 aliphatic carbocycles. The molecule has 0 atom stereocenters. The average Bonchev–Trinajstić information content (AvgIpc) is 2.15. The number of nitrogens with zero attached hydrogens (tertiary/aromatic N) is 1. The van der Waals surface area contributed by atoms with Crippen LogP contribution in [0.25, 0.3) is 0 Å². The van der Waals surface area contributed by atoms with Crippen LogP contribution < -0.4 is 0 Å². The summed E-state index contributed by atoms with van der Waals surface area (Å²) in [5.41, 5.74) is 0.213. The van der Waals surface area contributed by atoms with Gasteiger partial charge in [-0.05, 0) is 39.8 Å². The van der Waals surface area contributed by atoms with Gasteiger partial charge in [0.15, 0.2) is 0 Å². The fourth-order valence-electron chi connectivity index (χ4n) is 1.91. The lowest BCUT2D eigenvalue weighted by atomic mass is 10.1. The number of carbonyl (C=O) groups excluding carboxylic acids is 1. The molecule has 4 heteroatoms. The van der Waals surface area contributed by atoms with Crippen LogP contribution in [0.5, 0.6) is 11.5 Å². The second-order valence-electron chi connectivity index (χ2n) is 4.60. The topological polar surface area (TPSA) is 60.8 Å². The molecule has 0 saturated heterocycles. The summed E-state index contributed by atoms with van der Waals surface area (Å²) in [6.07, 6.45) is 0. The molecule has 0 unspecified atom stereocenters. The summed E-state index contributed by atoms with van der Waals surface area (Å²) in [5, 5.41) is 18.9. The monoisotopic (exact) mass is 237 g/mol. The molecule has 2 N–H and O–H groups in total. The quantitative estimate of drug-likeness (QED) is 0.848. The first-order valence-electron chi connectivity index (χ1n) is 5.69. The van der Waals surface area contributed by atoms with Crippen LogP contribution in [-0.4, -0.2) is 33.1 Å². The number of phenolic OH excluding ortho intramolecular Hbond substituents is 2. The maximum Gasteiger partial charge on any atom is 0.258 e. The van der Waals surface area contributed by atoms with Crippen LogP contribution in [0.3, 0.4) is 0 Å². The predicted octanol–water partition coefficient (Wildman–Crippen LogP) is 2.36. The molecule has 0 bridgehead atoms. The number of aromatic hydroxyl groups is 2. The maximum absolute atomic E-state index is 12.2. The van der Waals surface area contributed by atoms with Gasteiger partial charge in [0.25, 0.3) is 5.91 Å². The first-order valence-corrected chi connectivity index (χ1v) is 5.69. The maximum atomic E-state index is 12.2. The standard InChI is InChI=1S/C13H19NO3/c1-8(2)14(9(3)4)13(17)11-6-5-10(15)7-12(11)16/h5-9,15-16H,1-4H3. The van der Waals surface area contributed by atoms with Crippen molar-refractivity contribution in [2.75, 3.05) is 0 Å². The Morgan fingerprint density at radius 1 is 1.12 bits per heavy atom. The highest BCUT2D eigenvalue weighted by Crippen LogP contribution is 2.25. The van der Waals surface area contributed by atoms with Crippen molar-refractivity contribution in [2.45, 2.75) is 39.8 Å². The molecule has 0 saturated carbocycles. The molecule has 0 fully saturated rings. The molecule has 0 aromatic heterocycles. The van der Waals surface area contributed by atoms with Crippen molar-refractivity contribution in [3.8, 4) is 11.5 Å². The number of hydrogen-bond donors (Lipinski definition) is 2. The SMILES string of the molecule is CC(C)N(C(=O)c1ccc(O)cc1O)C(C)C. The van der Waals surface area contributed by atoms with Crippen LogP contribution in [0, 0.1) is 0 Å². The van der Waals surface area contributed by atoms with Gasteiger partial charge >= 0.3 is 0 Å². The number of carbonyl (C=O) groups is 1. The molecule has 1 aromatic rings. The highest BCUT2D eigenvalue weighted by molar-refractivity contribution is 5.97. The number of phenols is 2. The molecule has 1 rings (SSSR count). The van der Waals surface area contributed by atoms with Gasteiger partial charge in [0.1, 0.15) is 11.5 Å². The van der Waals surface area contributed by atoms with Crippen LogP contribution in [0.2, 0.25) is 0 Å². The van der Waals surface area contributed by atoms with Gasteiger partial charge in [-0.1, -0.05) is 0 Å². The minimum atomic E-state index is -0.229. The minimum Gasteiger partial charge on any atom is -0.508 e. The molecular formula is C13H19NO3. The highest BCUT2D eigenvalue weighted by atomic mass is 16.3. The molecule has 94 valence electrons. The van der Waals surface area contributed by atoms with Crippen molar-refractivity contribution in [3.05, 3.63) is 23.8 Å². The Balaban J connectivity index is 3.10. The van der Waals surface area contributed by atoms with Crippen molar-refractivity contribution < 1.29 is 15.0 Å². The van der Waals surface area contributed by atoms with Crippen LogP contribution >= 0.6 is 0 Å².